The van der Waals surface area contributed by atoms with Crippen molar-refractivity contribution < 1.29 is 9.21 Å². The molecule has 2 aromatic rings. The lowest BCUT2D eigenvalue weighted by Crippen LogP contribution is -2.26. The van der Waals surface area contributed by atoms with E-state index in [1.165, 1.54) is 0 Å². The third-order valence-electron chi connectivity index (χ3n) is 2.78. The molecule has 0 spiro atoms. The molecule has 0 atom stereocenters. The molecule has 0 saturated carbocycles. The van der Waals surface area contributed by atoms with Crippen molar-refractivity contribution in [3.8, 4) is 0 Å². The number of hydrogen-bond acceptors (Lipinski definition) is 3. The minimum absolute atomic E-state index is 0.132. The van der Waals surface area contributed by atoms with Gasteiger partial charge in [0.2, 0.25) is 0 Å². The van der Waals surface area contributed by atoms with E-state index in [0.29, 0.717) is 17.8 Å². The number of furan rings is 1. The van der Waals surface area contributed by atoms with Gasteiger partial charge in [-0.15, -0.1) is 0 Å². The molecule has 1 aromatic heterocycles. The first-order valence-electron chi connectivity index (χ1n) is 5.83. The van der Waals surface area contributed by atoms with E-state index in [1.54, 1.807) is 24.1 Å². The number of rotatable bonds is 3. The third-order valence-corrected chi connectivity index (χ3v) is 3.27. The highest BCUT2D eigenvalue weighted by molar-refractivity contribution is 9.10. The Morgan fingerprint density at radius 1 is 1.37 bits per heavy atom. The van der Waals surface area contributed by atoms with Gasteiger partial charge in [0.1, 0.15) is 11.5 Å². The number of nitrogen functional groups attached to an aromatic ring is 1. The second-order valence-electron chi connectivity index (χ2n) is 4.41. The van der Waals surface area contributed by atoms with Gasteiger partial charge < -0.3 is 15.1 Å². The van der Waals surface area contributed by atoms with Crippen molar-refractivity contribution in [1.29, 1.82) is 0 Å². The van der Waals surface area contributed by atoms with Crippen LogP contribution in [0.3, 0.4) is 0 Å². The molecular weight excluding hydrogens is 308 g/mol. The maximum absolute atomic E-state index is 12.3. The van der Waals surface area contributed by atoms with Gasteiger partial charge in [-0.25, -0.2) is 0 Å². The molecule has 1 heterocycles. The Bertz CT molecular complexity index is 607. The molecule has 0 radical (unpaired) electrons. The summed E-state index contributed by atoms with van der Waals surface area (Å²) in [6.07, 6.45) is 0. The number of nitrogens with two attached hydrogens (primary N) is 1. The smallest absolute Gasteiger partial charge is 0.256 e. The maximum atomic E-state index is 12.3. The molecule has 0 bridgehead atoms. The van der Waals surface area contributed by atoms with Crippen LogP contribution in [0.2, 0.25) is 0 Å². The summed E-state index contributed by atoms with van der Waals surface area (Å²) in [5.41, 5.74) is 6.79. The van der Waals surface area contributed by atoms with Crippen molar-refractivity contribution in [2.24, 2.45) is 0 Å². The average Bonchev–Trinajstić information content (AvgIpc) is 2.77. The number of anilines is 1. The van der Waals surface area contributed by atoms with E-state index < -0.39 is 0 Å². The van der Waals surface area contributed by atoms with E-state index in [4.69, 9.17) is 10.2 Å². The SMILES string of the molecule is Cc1ccc(CN(C)C(=O)c2cc(Br)ccc2N)o1. The van der Waals surface area contributed by atoms with Gasteiger partial charge in [0, 0.05) is 17.2 Å². The van der Waals surface area contributed by atoms with E-state index in [2.05, 4.69) is 15.9 Å². The Labute approximate surface area is 120 Å². The lowest BCUT2D eigenvalue weighted by atomic mass is 10.1. The molecule has 19 heavy (non-hydrogen) atoms. The molecule has 1 aromatic carbocycles. The second-order valence-corrected chi connectivity index (χ2v) is 5.32. The highest BCUT2D eigenvalue weighted by Crippen LogP contribution is 2.20. The number of carbonyl (C=O) groups excluding carboxylic acids is 1. The van der Waals surface area contributed by atoms with Crippen molar-refractivity contribution in [1.82, 2.24) is 4.90 Å². The van der Waals surface area contributed by atoms with Crippen molar-refractivity contribution in [2.75, 3.05) is 12.8 Å². The monoisotopic (exact) mass is 322 g/mol. The fourth-order valence-corrected chi connectivity index (χ4v) is 2.16. The van der Waals surface area contributed by atoms with Gasteiger partial charge in [0.15, 0.2) is 0 Å². The van der Waals surface area contributed by atoms with Crippen LogP contribution in [0, 0.1) is 6.92 Å². The first-order chi connectivity index (χ1) is 8.97. The van der Waals surface area contributed by atoms with Gasteiger partial charge in [-0.1, -0.05) is 15.9 Å². The van der Waals surface area contributed by atoms with Gasteiger partial charge >= 0.3 is 0 Å². The molecule has 2 N–H and O–H groups in total. The Morgan fingerprint density at radius 3 is 2.74 bits per heavy atom. The predicted molar refractivity (Wildman–Crippen MR) is 77.8 cm³/mol. The van der Waals surface area contributed by atoms with Crippen molar-refractivity contribution in [2.45, 2.75) is 13.5 Å². The van der Waals surface area contributed by atoms with Gasteiger partial charge in [-0.3, -0.25) is 4.79 Å². The number of benzene rings is 1. The zero-order valence-electron chi connectivity index (χ0n) is 10.8. The fourth-order valence-electron chi connectivity index (χ4n) is 1.79. The molecule has 0 aliphatic carbocycles. The highest BCUT2D eigenvalue weighted by Gasteiger charge is 2.16. The van der Waals surface area contributed by atoms with Crippen LogP contribution in [-0.4, -0.2) is 17.9 Å². The topological polar surface area (TPSA) is 59.5 Å². The van der Waals surface area contributed by atoms with Crippen LogP contribution in [0.25, 0.3) is 0 Å². The number of carbonyl (C=O) groups is 1. The molecule has 0 unspecified atom stereocenters. The Kier molecular flexibility index (Phi) is 3.95. The van der Waals surface area contributed by atoms with Crippen molar-refractivity contribution in [3.05, 3.63) is 51.9 Å². The number of amides is 1. The van der Waals surface area contributed by atoms with Crippen molar-refractivity contribution in [3.63, 3.8) is 0 Å². The second kappa shape index (κ2) is 5.48. The number of aryl methyl sites for hydroxylation is 1. The highest BCUT2D eigenvalue weighted by atomic mass is 79.9. The van der Waals surface area contributed by atoms with E-state index in [-0.39, 0.29) is 5.91 Å². The molecule has 5 heteroatoms. The summed E-state index contributed by atoms with van der Waals surface area (Å²) in [6.45, 7) is 2.29. The summed E-state index contributed by atoms with van der Waals surface area (Å²) in [5, 5.41) is 0. The molecular formula is C14H15BrN2O2. The van der Waals surface area contributed by atoms with E-state index >= 15 is 0 Å². The quantitative estimate of drug-likeness (QED) is 0.883. The summed E-state index contributed by atoms with van der Waals surface area (Å²) in [5.74, 6) is 1.45. The minimum Gasteiger partial charge on any atom is -0.464 e. The zero-order chi connectivity index (χ0) is 14.0. The minimum atomic E-state index is -0.132. The van der Waals surface area contributed by atoms with Crippen LogP contribution in [0.5, 0.6) is 0 Å². The fraction of sp³-hybridized carbons (Fsp3) is 0.214. The molecule has 100 valence electrons. The first kappa shape index (κ1) is 13.7. The molecule has 0 saturated heterocycles. The Hall–Kier alpha value is -1.75. The first-order valence-corrected chi connectivity index (χ1v) is 6.62. The van der Waals surface area contributed by atoms with Gasteiger partial charge in [0.25, 0.3) is 5.91 Å². The molecule has 0 aliphatic rings. The summed E-state index contributed by atoms with van der Waals surface area (Å²) in [7, 11) is 1.72. The Morgan fingerprint density at radius 2 is 2.11 bits per heavy atom. The van der Waals surface area contributed by atoms with Crippen LogP contribution in [-0.2, 0) is 6.54 Å². The molecule has 0 fully saturated rings. The lowest BCUT2D eigenvalue weighted by molar-refractivity contribution is 0.0776. The normalized spacial score (nSPS) is 10.5. The van der Waals surface area contributed by atoms with Crippen LogP contribution in [0.1, 0.15) is 21.9 Å². The van der Waals surface area contributed by atoms with E-state index in [0.717, 1.165) is 16.0 Å². The van der Waals surface area contributed by atoms with Gasteiger partial charge in [-0.2, -0.15) is 0 Å². The molecule has 4 nitrogen and oxygen atoms in total. The molecule has 0 aliphatic heterocycles. The predicted octanol–water partition coefficient (Wildman–Crippen LogP) is 3.20. The standard InChI is InChI=1S/C14H15BrN2O2/c1-9-3-5-11(19-9)8-17(2)14(18)12-7-10(15)4-6-13(12)16/h3-7H,8,16H2,1-2H3. The largest absolute Gasteiger partial charge is 0.464 e. The van der Waals surface area contributed by atoms with Crippen LogP contribution < -0.4 is 5.73 Å². The summed E-state index contributed by atoms with van der Waals surface area (Å²) < 4.78 is 6.29. The number of nitrogens with zero attached hydrogens (tertiary/aromatic N) is 1. The van der Waals surface area contributed by atoms with Crippen LogP contribution in [0.4, 0.5) is 5.69 Å². The Balaban J connectivity index is 2.16. The average molecular weight is 323 g/mol. The maximum Gasteiger partial charge on any atom is 0.256 e. The molecule has 2 rings (SSSR count). The van der Waals surface area contributed by atoms with E-state index in [9.17, 15) is 4.79 Å². The van der Waals surface area contributed by atoms with Crippen LogP contribution in [0.15, 0.2) is 39.2 Å². The van der Waals surface area contributed by atoms with E-state index in [1.807, 2.05) is 25.1 Å². The number of hydrogen-bond donors (Lipinski definition) is 1. The lowest BCUT2D eigenvalue weighted by Gasteiger charge is -2.17. The summed E-state index contributed by atoms with van der Waals surface area (Å²) in [6, 6.07) is 8.98. The van der Waals surface area contributed by atoms with Crippen LogP contribution >= 0.6 is 15.9 Å². The zero-order valence-corrected chi connectivity index (χ0v) is 12.4. The molecule has 1 amide bonds. The number of halogens is 1. The van der Waals surface area contributed by atoms with Gasteiger partial charge in [-0.05, 0) is 37.3 Å². The van der Waals surface area contributed by atoms with Crippen molar-refractivity contribution >= 4 is 27.5 Å². The summed E-state index contributed by atoms with van der Waals surface area (Å²) >= 11 is 3.34. The summed E-state index contributed by atoms with van der Waals surface area (Å²) in [4.78, 5) is 13.9. The third kappa shape index (κ3) is 3.17. The van der Waals surface area contributed by atoms with Gasteiger partial charge in [0.05, 0.1) is 12.1 Å².